The summed E-state index contributed by atoms with van der Waals surface area (Å²) in [5.74, 6) is 0. The molecule has 1 fully saturated rings. The van der Waals surface area contributed by atoms with Gasteiger partial charge in [-0.15, -0.1) is 0 Å². The highest BCUT2D eigenvalue weighted by atomic mass is 79.9. The van der Waals surface area contributed by atoms with E-state index in [0.717, 1.165) is 10.0 Å². The largest absolute Gasteiger partial charge is 0.244 e. The summed E-state index contributed by atoms with van der Waals surface area (Å²) < 4.78 is 14.5. The molecule has 0 atom stereocenters. The molecule has 1 saturated carbocycles. The molecule has 84 valence electrons. The fourth-order valence-corrected chi connectivity index (χ4v) is 2.78. The van der Waals surface area contributed by atoms with E-state index in [0.29, 0.717) is 0 Å². The van der Waals surface area contributed by atoms with Crippen LogP contribution in [0.4, 0.5) is 4.39 Å². The van der Waals surface area contributed by atoms with Crippen molar-refractivity contribution in [1.29, 1.82) is 0 Å². The predicted octanol–water partition coefficient (Wildman–Crippen LogP) is 3.50. The highest BCUT2D eigenvalue weighted by molar-refractivity contribution is 9.10. The number of halogens is 2. The van der Waals surface area contributed by atoms with Gasteiger partial charge in [-0.3, -0.25) is 0 Å². The molecule has 4 heteroatoms. The van der Waals surface area contributed by atoms with Crippen LogP contribution >= 0.6 is 15.9 Å². The highest BCUT2D eigenvalue weighted by Crippen LogP contribution is 2.53. The highest BCUT2D eigenvalue weighted by Gasteiger charge is 2.54. The maximum Gasteiger partial charge on any atom is 0.235 e. The normalized spacial score (nSPS) is 32.7. The second kappa shape index (κ2) is 3.79. The second-order valence-corrected chi connectivity index (χ2v) is 5.43. The molecule has 0 N–H and O–H groups in total. The smallest absolute Gasteiger partial charge is 0.235 e. The average molecular weight is 284 g/mol. The van der Waals surface area contributed by atoms with Crippen LogP contribution in [0.2, 0.25) is 0 Å². The van der Waals surface area contributed by atoms with Crippen LogP contribution in [-0.2, 0) is 10.3 Å². The summed E-state index contributed by atoms with van der Waals surface area (Å²) in [7, 11) is 0. The predicted molar refractivity (Wildman–Crippen MR) is 62.7 cm³/mol. The molecule has 0 bridgehead atoms. The van der Waals surface area contributed by atoms with Crippen molar-refractivity contribution < 1.29 is 9.18 Å². The number of alkyl halides is 1. The minimum absolute atomic E-state index is 0.242. The number of carbonyl (C=O) groups excluding carboxylic acids is 1. The van der Waals surface area contributed by atoms with Gasteiger partial charge in [0.1, 0.15) is 11.2 Å². The Kier molecular flexibility index (Phi) is 2.72. The number of isocyanates is 1. The third kappa shape index (κ3) is 1.95. The van der Waals surface area contributed by atoms with Gasteiger partial charge in [-0.05, 0) is 24.6 Å². The first-order chi connectivity index (χ1) is 7.47. The summed E-state index contributed by atoms with van der Waals surface area (Å²) in [6.45, 7) is 1.53. The van der Waals surface area contributed by atoms with Crippen molar-refractivity contribution in [2.75, 3.05) is 0 Å². The first-order valence-electron chi connectivity index (χ1n) is 5.01. The first-order valence-corrected chi connectivity index (χ1v) is 5.81. The van der Waals surface area contributed by atoms with Gasteiger partial charge >= 0.3 is 0 Å². The monoisotopic (exact) mass is 283 g/mol. The van der Waals surface area contributed by atoms with Crippen LogP contribution in [0.15, 0.2) is 33.7 Å². The zero-order valence-electron chi connectivity index (χ0n) is 8.84. The topological polar surface area (TPSA) is 29.4 Å². The lowest BCUT2D eigenvalue weighted by molar-refractivity contribution is 0.00282. The molecule has 2 rings (SSSR count). The van der Waals surface area contributed by atoms with Crippen molar-refractivity contribution in [3.8, 4) is 0 Å². The molecule has 0 unspecified atom stereocenters. The number of hydrogen-bond donors (Lipinski definition) is 0. The number of rotatable bonds is 2. The third-order valence-corrected chi connectivity index (χ3v) is 3.44. The van der Waals surface area contributed by atoms with Crippen LogP contribution in [0, 0.1) is 0 Å². The Balaban J connectivity index is 2.39. The lowest BCUT2D eigenvalue weighted by Crippen LogP contribution is -2.48. The molecule has 1 aliphatic rings. The van der Waals surface area contributed by atoms with E-state index in [9.17, 15) is 9.18 Å². The zero-order chi connectivity index (χ0) is 11.8. The second-order valence-electron chi connectivity index (χ2n) is 4.51. The molecule has 0 radical (unpaired) electrons. The molecule has 1 aromatic carbocycles. The third-order valence-electron chi connectivity index (χ3n) is 2.94. The van der Waals surface area contributed by atoms with Gasteiger partial charge < -0.3 is 0 Å². The van der Waals surface area contributed by atoms with Crippen molar-refractivity contribution in [2.24, 2.45) is 4.99 Å². The number of aliphatic imine (C=N–C) groups is 1. The molecule has 0 saturated heterocycles. The van der Waals surface area contributed by atoms with Crippen LogP contribution < -0.4 is 0 Å². The van der Waals surface area contributed by atoms with E-state index in [-0.39, 0.29) is 12.8 Å². The Hall–Kier alpha value is -0.990. The van der Waals surface area contributed by atoms with Gasteiger partial charge in [0, 0.05) is 17.3 Å². The van der Waals surface area contributed by atoms with Gasteiger partial charge in [-0.1, -0.05) is 28.1 Å². The fourth-order valence-electron chi connectivity index (χ4n) is 2.38. The van der Waals surface area contributed by atoms with Gasteiger partial charge in [0.05, 0.1) is 0 Å². The van der Waals surface area contributed by atoms with E-state index in [1.165, 1.54) is 6.92 Å². The van der Waals surface area contributed by atoms with Crippen molar-refractivity contribution in [3.05, 3.63) is 34.3 Å². The quantitative estimate of drug-likeness (QED) is 0.603. The Morgan fingerprint density at radius 1 is 1.50 bits per heavy atom. The van der Waals surface area contributed by atoms with Crippen molar-refractivity contribution >= 4 is 22.0 Å². The van der Waals surface area contributed by atoms with Crippen LogP contribution in [-0.4, -0.2) is 11.7 Å². The molecule has 0 aliphatic heterocycles. The Morgan fingerprint density at radius 2 is 2.19 bits per heavy atom. The molecular weight excluding hydrogens is 273 g/mol. The zero-order valence-corrected chi connectivity index (χ0v) is 10.4. The van der Waals surface area contributed by atoms with E-state index in [1.807, 2.05) is 24.3 Å². The van der Waals surface area contributed by atoms with Crippen LogP contribution in [0.25, 0.3) is 0 Å². The molecule has 16 heavy (non-hydrogen) atoms. The van der Waals surface area contributed by atoms with E-state index < -0.39 is 11.2 Å². The van der Waals surface area contributed by atoms with E-state index in [1.54, 1.807) is 6.08 Å². The number of hydrogen-bond acceptors (Lipinski definition) is 2. The van der Waals surface area contributed by atoms with Gasteiger partial charge in [-0.25, -0.2) is 9.18 Å². The first kappa shape index (κ1) is 11.5. The van der Waals surface area contributed by atoms with Crippen LogP contribution in [0.3, 0.4) is 0 Å². The van der Waals surface area contributed by atoms with Gasteiger partial charge in [0.2, 0.25) is 6.08 Å². The van der Waals surface area contributed by atoms with Crippen molar-refractivity contribution in [3.63, 3.8) is 0 Å². The van der Waals surface area contributed by atoms with E-state index in [4.69, 9.17) is 0 Å². The van der Waals surface area contributed by atoms with Crippen molar-refractivity contribution in [2.45, 2.75) is 31.0 Å². The summed E-state index contributed by atoms with van der Waals surface area (Å²) >= 11 is 3.35. The molecule has 1 aliphatic carbocycles. The maximum atomic E-state index is 13.6. The van der Waals surface area contributed by atoms with Gasteiger partial charge in [-0.2, -0.15) is 4.99 Å². The molecule has 0 amide bonds. The van der Waals surface area contributed by atoms with Crippen LogP contribution in [0.5, 0.6) is 0 Å². The molecule has 0 spiro atoms. The Labute approximate surface area is 102 Å². The lowest BCUT2D eigenvalue weighted by Gasteiger charge is -2.46. The molecule has 2 nitrogen and oxygen atoms in total. The lowest BCUT2D eigenvalue weighted by atomic mass is 9.64. The minimum atomic E-state index is -1.23. The maximum absolute atomic E-state index is 13.6. The Morgan fingerprint density at radius 3 is 2.69 bits per heavy atom. The van der Waals surface area contributed by atoms with Gasteiger partial charge in [0.15, 0.2) is 0 Å². The van der Waals surface area contributed by atoms with Crippen molar-refractivity contribution in [1.82, 2.24) is 0 Å². The Bertz CT molecular complexity index is 458. The minimum Gasteiger partial charge on any atom is -0.244 e. The molecule has 1 aromatic rings. The van der Waals surface area contributed by atoms with Gasteiger partial charge in [0.25, 0.3) is 0 Å². The standard InChI is InChI=1S/C12H11BrFNO/c1-11(14)6-12(7-11,15-8-16)9-3-2-4-10(13)5-9/h2-5H,6-7H2,1H3. The molecular formula is C12H11BrFNO. The summed E-state index contributed by atoms with van der Waals surface area (Å²) in [6, 6.07) is 7.47. The van der Waals surface area contributed by atoms with E-state index >= 15 is 0 Å². The number of benzene rings is 1. The van der Waals surface area contributed by atoms with Crippen LogP contribution in [0.1, 0.15) is 25.3 Å². The molecule has 0 aromatic heterocycles. The summed E-state index contributed by atoms with van der Waals surface area (Å²) in [4.78, 5) is 14.3. The summed E-state index contributed by atoms with van der Waals surface area (Å²) in [5.41, 5.74) is -1.09. The summed E-state index contributed by atoms with van der Waals surface area (Å²) in [5, 5.41) is 0. The number of nitrogens with zero attached hydrogens (tertiary/aromatic N) is 1. The molecule has 0 heterocycles. The SMILES string of the molecule is CC1(F)CC(N=C=O)(c2cccc(Br)c2)C1. The van der Waals surface area contributed by atoms with E-state index in [2.05, 4.69) is 20.9 Å². The fraction of sp³-hybridized carbons (Fsp3) is 0.417. The average Bonchev–Trinajstić information content (AvgIpc) is 2.15. The summed E-state index contributed by atoms with van der Waals surface area (Å²) in [6.07, 6.45) is 2.04.